The van der Waals surface area contributed by atoms with Crippen molar-refractivity contribution >= 4 is 5.97 Å². The molecule has 0 aromatic heterocycles. The van der Waals surface area contributed by atoms with Crippen LogP contribution in [-0.2, 0) is 14.3 Å². The predicted octanol–water partition coefficient (Wildman–Crippen LogP) is 3.78. The van der Waals surface area contributed by atoms with Crippen molar-refractivity contribution in [1.82, 2.24) is 0 Å². The first-order chi connectivity index (χ1) is 11.7. The van der Waals surface area contributed by atoms with Gasteiger partial charge in [0.05, 0.1) is 32.8 Å². The number of nitrogens with zero attached hydrogens (tertiary/aromatic N) is 1. The van der Waals surface area contributed by atoms with Gasteiger partial charge in [-0.1, -0.05) is 20.8 Å². The number of ether oxygens (including phenoxy) is 2. The van der Waals surface area contributed by atoms with Gasteiger partial charge >= 0.3 is 5.97 Å². The van der Waals surface area contributed by atoms with Gasteiger partial charge in [-0.3, -0.25) is 4.79 Å². The molecule has 1 aliphatic heterocycles. The number of rotatable bonds is 6. The molecule has 2 bridgehead atoms. The van der Waals surface area contributed by atoms with Crippen LogP contribution in [0.5, 0.6) is 0 Å². The number of likely N-dealkylation sites (N-methyl/N-ethyl adjacent to an activating group) is 1. The monoisotopic (exact) mass is 352 g/mol. The van der Waals surface area contributed by atoms with E-state index >= 15 is 0 Å². The van der Waals surface area contributed by atoms with Crippen molar-refractivity contribution in [3.63, 3.8) is 0 Å². The van der Waals surface area contributed by atoms with Crippen LogP contribution in [0.25, 0.3) is 0 Å². The molecule has 0 N–H and O–H groups in total. The lowest BCUT2D eigenvalue weighted by Gasteiger charge is -2.41. The average molecular weight is 353 g/mol. The first kappa shape index (κ1) is 19.2. The van der Waals surface area contributed by atoms with Gasteiger partial charge in [-0.2, -0.15) is 0 Å². The highest BCUT2D eigenvalue weighted by Crippen LogP contribution is 2.66. The lowest BCUT2D eigenvalue weighted by molar-refractivity contribution is -0.916. The minimum Gasteiger partial charge on any atom is -0.454 e. The number of hydrogen-bond acceptors (Lipinski definition) is 3. The summed E-state index contributed by atoms with van der Waals surface area (Å²) in [5.41, 5.74) is 0.627. The molecule has 0 spiro atoms. The predicted molar refractivity (Wildman–Crippen MR) is 99.2 cm³/mol. The highest BCUT2D eigenvalue weighted by atomic mass is 16.6. The van der Waals surface area contributed by atoms with E-state index in [4.69, 9.17) is 9.47 Å². The third-order valence-corrected chi connectivity index (χ3v) is 8.07. The topological polar surface area (TPSA) is 35.5 Å². The molecule has 0 radical (unpaired) electrons. The lowest BCUT2D eigenvalue weighted by atomic mass is 9.70. The van der Waals surface area contributed by atoms with Crippen LogP contribution in [0, 0.1) is 16.7 Å². The van der Waals surface area contributed by atoms with Crippen molar-refractivity contribution < 1.29 is 18.8 Å². The summed E-state index contributed by atoms with van der Waals surface area (Å²) in [6.45, 7) is 12.6. The molecule has 2 aliphatic carbocycles. The Morgan fingerprint density at radius 3 is 2.40 bits per heavy atom. The van der Waals surface area contributed by atoms with Crippen LogP contribution < -0.4 is 0 Å². The number of hydrogen-bond donors (Lipinski definition) is 0. The molecule has 4 atom stereocenters. The standard InChI is InChI=1S/C21H38NO3/c1-16(23)25-18(14-22(5)11-7-6-8-12-22)15-24-19-13-17-9-10-21(19,4)20(17,2)3/h17-19H,6-15H2,1-5H3/q+1/t17-,18+,19-,21-/m1/s1. The Balaban J connectivity index is 1.61. The first-order valence-corrected chi connectivity index (χ1v) is 10.3. The van der Waals surface area contributed by atoms with Gasteiger partial charge in [0.1, 0.15) is 6.54 Å². The largest absolute Gasteiger partial charge is 0.454 e. The molecular weight excluding hydrogens is 314 g/mol. The zero-order valence-corrected chi connectivity index (χ0v) is 17.0. The molecule has 0 aromatic rings. The van der Waals surface area contributed by atoms with Crippen molar-refractivity contribution in [2.75, 3.05) is 33.3 Å². The fourth-order valence-electron chi connectivity index (χ4n) is 5.91. The summed E-state index contributed by atoms with van der Waals surface area (Å²) in [4.78, 5) is 11.6. The van der Waals surface area contributed by atoms with Gasteiger partial charge in [-0.25, -0.2) is 0 Å². The van der Waals surface area contributed by atoms with Gasteiger partial charge in [0.25, 0.3) is 0 Å². The second-order valence-corrected chi connectivity index (χ2v) is 9.97. The second-order valence-electron chi connectivity index (χ2n) is 9.97. The summed E-state index contributed by atoms with van der Waals surface area (Å²) in [5.74, 6) is 0.595. The molecule has 1 heterocycles. The Bertz CT molecular complexity index is 497. The zero-order valence-electron chi connectivity index (χ0n) is 17.0. The summed E-state index contributed by atoms with van der Waals surface area (Å²) in [6, 6.07) is 0. The van der Waals surface area contributed by atoms with Crippen LogP contribution in [-0.4, -0.2) is 55.9 Å². The number of piperidine rings is 1. The number of fused-ring (bicyclic) bond motifs is 2. The maximum Gasteiger partial charge on any atom is 0.303 e. The Labute approximate surface area is 153 Å². The van der Waals surface area contributed by atoms with E-state index < -0.39 is 0 Å². The number of quaternary nitrogens is 1. The second kappa shape index (κ2) is 6.84. The Morgan fingerprint density at radius 2 is 1.88 bits per heavy atom. The van der Waals surface area contributed by atoms with Crippen molar-refractivity contribution in [2.24, 2.45) is 16.7 Å². The molecule has 2 saturated carbocycles. The minimum absolute atomic E-state index is 0.119. The third kappa shape index (κ3) is 3.62. The molecule has 4 heteroatoms. The summed E-state index contributed by atoms with van der Waals surface area (Å²) in [5, 5.41) is 0. The Hall–Kier alpha value is -0.610. The number of carbonyl (C=O) groups is 1. The summed E-state index contributed by atoms with van der Waals surface area (Å²) in [6.07, 6.45) is 7.86. The van der Waals surface area contributed by atoms with Crippen LogP contribution in [0.15, 0.2) is 0 Å². The minimum atomic E-state index is -0.184. The van der Waals surface area contributed by atoms with Gasteiger partial charge in [-0.05, 0) is 55.3 Å². The van der Waals surface area contributed by atoms with E-state index in [1.807, 2.05) is 0 Å². The van der Waals surface area contributed by atoms with Gasteiger partial charge in [-0.15, -0.1) is 0 Å². The molecule has 3 rings (SSSR count). The normalized spacial score (nSPS) is 37.0. The summed E-state index contributed by atoms with van der Waals surface area (Å²) in [7, 11) is 2.30. The van der Waals surface area contributed by atoms with E-state index in [2.05, 4.69) is 27.8 Å². The van der Waals surface area contributed by atoms with E-state index in [1.54, 1.807) is 0 Å². The molecule has 0 aromatic carbocycles. The molecule has 0 unspecified atom stereocenters. The lowest BCUT2D eigenvalue weighted by Crippen LogP contribution is -2.53. The van der Waals surface area contributed by atoms with E-state index in [9.17, 15) is 4.79 Å². The van der Waals surface area contributed by atoms with Gasteiger partial charge in [0.15, 0.2) is 6.10 Å². The molecule has 25 heavy (non-hydrogen) atoms. The number of likely N-dealkylation sites (tertiary alicyclic amines) is 1. The van der Waals surface area contributed by atoms with Gasteiger partial charge in [0, 0.05) is 6.92 Å². The third-order valence-electron chi connectivity index (χ3n) is 8.07. The fourth-order valence-corrected chi connectivity index (χ4v) is 5.91. The average Bonchev–Trinajstić information content (AvgIpc) is 2.85. The Kier molecular flexibility index (Phi) is 5.25. The highest BCUT2D eigenvalue weighted by molar-refractivity contribution is 5.66. The molecule has 3 fully saturated rings. The summed E-state index contributed by atoms with van der Waals surface area (Å²) < 4.78 is 13.1. The van der Waals surface area contributed by atoms with Crippen LogP contribution in [0.1, 0.15) is 66.2 Å². The zero-order chi connectivity index (χ0) is 18.3. The molecule has 1 saturated heterocycles. The number of esters is 1. The maximum atomic E-state index is 11.6. The van der Waals surface area contributed by atoms with Crippen molar-refractivity contribution in [2.45, 2.75) is 78.4 Å². The first-order valence-electron chi connectivity index (χ1n) is 10.3. The number of carbonyl (C=O) groups excluding carboxylic acids is 1. The van der Waals surface area contributed by atoms with Crippen molar-refractivity contribution in [3.8, 4) is 0 Å². The van der Waals surface area contributed by atoms with Gasteiger partial charge < -0.3 is 14.0 Å². The van der Waals surface area contributed by atoms with E-state index in [0.717, 1.165) is 16.9 Å². The van der Waals surface area contributed by atoms with Crippen LogP contribution >= 0.6 is 0 Å². The molecule has 4 nitrogen and oxygen atoms in total. The van der Waals surface area contributed by atoms with Crippen molar-refractivity contribution in [3.05, 3.63) is 0 Å². The maximum absolute atomic E-state index is 11.6. The quantitative estimate of drug-likeness (QED) is 0.539. The smallest absolute Gasteiger partial charge is 0.303 e. The van der Waals surface area contributed by atoms with E-state index in [-0.39, 0.29) is 17.5 Å². The van der Waals surface area contributed by atoms with E-state index in [0.29, 0.717) is 18.1 Å². The molecular formula is C21H38NO3+. The Morgan fingerprint density at radius 1 is 1.20 bits per heavy atom. The van der Waals surface area contributed by atoms with Crippen molar-refractivity contribution in [1.29, 1.82) is 0 Å². The van der Waals surface area contributed by atoms with Gasteiger partial charge in [0.2, 0.25) is 0 Å². The molecule has 0 amide bonds. The fraction of sp³-hybridized carbons (Fsp3) is 0.952. The van der Waals surface area contributed by atoms with E-state index in [1.165, 1.54) is 58.5 Å². The van der Waals surface area contributed by atoms with Crippen LogP contribution in [0.2, 0.25) is 0 Å². The molecule has 144 valence electrons. The van der Waals surface area contributed by atoms with Crippen LogP contribution in [0.3, 0.4) is 0 Å². The van der Waals surface area contributed by atoms with Crippen LogP contribution in [0.4, 0.5) is 0 Å². The highest BCUT2D eigenvalue weighted by Gasteiger charge is 2.62. The summed E-state index contributed by atoms with van der Waals surface area (Å²) >= 11 is 0. The molecule has 3 aliphatic rings. The SMILES string of the molecule is CC(=O)O[C@H](CO[C@@H]1C[C@H]2CC[C@@]1(C)C2(C)C)C[N+]1(C)CCCCC1.